The Morgan fingerprint density at radius 1 is 1.42 bits per heavy atom. The molecule has 0 spiro atoms. The molecule has 1 aromatic heterocycles. The summed E-state index contributed by atoms with van der Waals surface area (Å²) in [5.74, 6) is -4.27. The molecule has 0 fully saturated rings. The van der Waals surface area contributed by atoms with Crippen molar-refractivity contribution in [1.29, 1.82) is 0 Å². The molecular weight excluding hydrogens is 448 g/mol. The minimum atomic E-state index is -3.33. The molecule has 1 aliphatic rings. The summed E-state index contributed by atoms with van der Waals surface area (Å²) in [6, 6.07) is 2.27. The first-order chi connectivity index (χ1) is 15.8. The van der Waals surface area contributed by atoms with Gasteiger partial charge in [0.1, 0.15) is 23.2 Å². The smallest absolute Gasteiger partial charge is 0.418 e. The number of nitrogens with two attached hydrogens (primary N) is 1. The summed E-state index contributed by atoms with van der Waals surface area (Å²) in [5, 5.41) is 1.72. The summed E-state index contributed by atoms with van der Waals surface area (Å²) in [6.07, 6.45) is -3.72. The molecule has 13 heteroatoms. The highest BCUT2D eigenvalue weighted by molar-refractivity contribution is 6.32. The number of amidine groups is 1. The maximum absolute atomic E-state index is 14.5. The number of alkyl halides is 2. The number of ether oxygens (including phenoxy) is 3. The van der Waals surface area contributed by atoms with Crippen LogP contribution in [-0.4, -0.2) is 43.6 Å². The molecule has 0 aliphatic carbocycles. The highest BCUT2D eigenvalue weighted by Crippen LogP contribution is 2.38. The molecule has 3 N–H and O–H groups in total. The van der Waals surface area contributed by atoms with Crippen LogP contribution in [0.5, 0.6) is 11.6 Å². The molecule has 0 radical (unpaired) electrons. The quantitative estimate of drug-likeness (QED) is 0.654. The number of hydrogen-bond acceptors (Lipinski definition) is 7. The number of amides is 1. The molecule has 31 heavy (non-hydrogen) atoms. The molecule has 1 aliphatic heterocycles. The summed E-state index contributed by atoms with van der Waals surface area (Å²) >= 11 is 5.88. The van der Waals surface area contributed by atoms with Crippen molar-refractivity contribution in [3.05, 3.63) is 46.6 Å². The number of halogens is 5. The zero-order chi connectivity index (χ0) is 25.3. The van der Waals surface area contributed by atoms with Gasteiger partial charge in [-0.1, -0.05) is 11.6 Å². The van der Waals surface area contributed by atoms with Gasteiger partial charge in [-0.15, -0.1) is 0 Å². The first kappa shape index (κ1) is 18.6. The summed E-state index contributed by atoms with van der Waals surface area (Å²) in [7, 11) is -2.78. The Labute approximate surface area is 182 Å². The average Bonchev–Trinajstić information content (AvgIpc) is 2.71. The number of aliphatic imine (C=N–C) groups is 1. The number of carbonyl (C=O) groups is 1. The largest absolute Gasteiger partial charge is 0.495 e. The highest BCUT2D eigenvalue weighted by atomic mass is 35.5. The van der Waals surface area contributed by atoms with Crippen LogP contribution in [0, 0.1) is 11.6 Å². The fraction of sp³-hybridized carbons (Fsp3) is 0.278. The molecule has 2 heterocycles. The van der Waals surface area contributed by atoms with Gasteiger partial charge < -0.3 is 19.9 Å². The molecule has 3 rings (SSSR count). The Morgan fingerprint density at radius 3 is 2.84 bits per heavy atom. The van der Waals surface area contributed by atoms with E-state index in [1.807, 2.05) is 5.32 Å². The van der Waals surface area contributed by atoms with Gasteiger partial charge in [-0.3, -0.25) is 10.3 Å². The second kappa shape index (κ2) is 8.94. The monoisotopic (exact) mass is 465 g/mol. The molecule has 1 aromatic carbocycles. The third-order valence-corrected chi connectivity index (χ3v) is 4.38. The van der Waals surface area contributed by atoms with E-state index in [9.17, 15) is 22.4 Å². The minimum absolute atomic E-state index is 0.241. The van der Waals surface area contributed by atoms with E-state index in [4.69, 9.17) is 30.9 Å². The summed E-state index contributed by atoms with van der Waals surface area (Å²) in [4.78, 5) is 19.5. The number of nitrogens with one attached hydrogen (secondary N) is 1. The Balaban J connectivity index is 1.85. The van der Waals surface area contributed by atoms with Crippen LogP contribution in [0.4, 0.5) is 28.0 Å². The molecule has 2 aromatic rings. The van der Waals surface area contributed by atoms with Gasteiger partial charge in [-0.25, -0.2) is 27.3 Å². The van der Waals surface area contributed by atoms with Gasteiger partial charge in [-0.2, -0.15) is 0 Å². The van der Waals surface area contributed by atoms with E-state index in [-0.39, 0.29) is 23.2 Å². The van der Waals surface area contributed by atoms with Crippen LogP contribution in [0.15, 0.2) is 29.4 Å². The van der Waals surface area contributed by atoms with Crippen molar-refractivity contribution in [2.75, 3.05) is 25.6 Å². The lowest BCUT2D eigenvalue weighted by atomic mass is 9.89. The van der Waals surface area contributed by atoms with Crippen LogP contribution < -0.4 is 20.5 Å². The number of aromatic nitrogens is 1. The van der Waals surface area contributed by atoms with E-state index in [0.29, 0.717) is 6.07 Å². The summed E-state index contributed by atoms with van der Waals surface area (Å²) in [6.45, 7) is -1.06. The van der Waals surface area contributed by atoms with E-state index in [1.165, 1.54) is 0 Å². The standard InChI is InChI=1S/C18H15ClF4N4O4/c1-29-9-4-11(19)15(25-5-9)31-17(28)26-8-2-10(14(21)12(20)3-8)18(16(22)23)7-30-6-13(24)27-18/h2-5,16H,6-7H2,1H3,(H2,24,27)(H,26,28)/i1D3. The fourth-order valence-electron chi connectivity index (χ4n) is 2.75. The van der Waals surface area contributed by atoms with Crippen LogP contribution in [0.3, 0.4) is 0 Å². The van der Waals surface area contributed by atoms with E-state index in [0.717, 1.165) is 18.3 Å². The van der Waals surface area contributed by atoms with Crippen molar-refractivity contribution in [2.45, 2.75) is 12.0 Å². The van der Waals surface area contributed by atoms with Crippen molar-refractivity contribution < 1.29 is 40.7 Å². The molecule has 166 valence electrons. The lowest BCUT2D eigenvalue weighted by Crippen LogP contribution is -2.45. The SMILES string of the molecule is [2H]C([2H])([2H])Oc1cnc(OC(=O)Nc2cc(F)c(F)c(C3(C(F)F)COCC(N)=N3)c2)c(Cl)c1. The maximum atomic E-state index is 14.5. The third-order valence-electron chi connectivity index (χ3n) is 4.11. The van der Waals surface area contributed by atoms with Crippen molar-refractivity contribution >= 4 is 29.2 Å². The van der Waals surface area contributed by atoms with Gasteiger partial charge >= 0.3 is 6.09 Å². The molecule has 1 unspecified atom stereocenters. The van der Waals surface area contributed by atoms with Crippen molar-refractivity contribution in [3.8, 4) is 11.6 Å². The predicted octanol–water partition coefficient (Wildman–Crippen LogP) is 3.48. The number of benzene rings is 1. The Kier molecular flexibility index (Phi) is 5.37. The van der Waals surface area contributed by atoms with E-state index >= 15 is 0 Å². The lowest BCUT2D eigenvalue weighted by molar-refractivity contribution is -0.0148. The Morgan fingerprint density at radius 2 is 2.19 bits per heavy atom. The number of anilines is 1. The second-order valence-corrected chi connectivity index (χ2v) is 6.62. The number of methoxy groups -OCH3 is 1. The van der Waals surface area contributed by atoms with Gasteiger partial charge in [0.15, 0.2) is 17.2 Å². The maximum Gasteiger partial charge on any atom is 0.418 e. The third kappa shape index (κ3) is 4.64. The predicted molar refractivity (Wildman–Crippen MR) is 102 cm³/mol. The molecular formula is C18H15ClF4N4O4. The molecule has 0 saturated carbocycles. The second-order valence-electron chi connectivity index (χ2n) is 6.22. The first-order valence-corrected chi connectivity index (χ1v) is 8.71. The zero-order valence-corrected chi connectivity index (χ0v) is 16.1. The number of nitrogens with zero attached hydrogens (tertiary/aromatic N) is 2. The summed E-state index contributed by atoms with van der Waals surface area (Å²) in [5.41, 5.74) is 1.46. The average molecular weight is 466 g/mol. The van der Waals surface area contributed by atoms with Crippen LogP contribution in [-0.2, 0) is 10.3 Å². The van der Waals surface area contributed by atoms with Crippen LogP contribution >= 0.6 is 11.6 Å². The topological polar surface area (TPSA) is 108 Å². The van der Waals surface area contributed by atoms with Crippen molar-refractivity contribution in [2.24, 2.45) is 10.7 Å². The molecule has 0 saturated heterocycles. The van der Waals surface area contributed by atoms with Crippen LogP contribution in [0.25, 0.3) is 0 Å². The zero-order valence-electron chi connectivity index (χ0n) is 18.3. The number of hydrogen-bond donors (Lipinski definition) is 2. The lowest BCUT2D eigenvalue weighted by Gasteiger charge is -2.33. The van der Waals surface area contributed by atoms with Gasteiger partial charge in [0.05, 0.1) is 24.0 Å². The van der Waals surface area contributed by atoms with E-state index in [2.05, 4.69) is 14.7 Å². The van der Waals surface area contributed by atoms with E-state index < -0.39 is 60.5 Å². The van der Waals surface area contributed by atoms with Crippen LogP contribution in [0.1, 0.15) is 9.68 Å². The molecule has 1 atom stereocenters. The van der Waals surface area contributed by atoms with E-state index in [1.54, 1.807) is 0 Å². The fourth-order valence-corrected chi connectivity index (χ4v) is 2.94. The highest BCUT2D eigenvalue weighted by Gasteiger charge is 2.47. The van der Waals surface area contributed by atoms with Crippen molar-refractivity contribution in [3.63, 3.8) is 0 Å². The first-order valence-electron chi connectivity index (χ1n) is 9.84. The number of pyridine rings is 1. The Bertz CT molecular complexity index is 1140. The molecule has 8 nitrogen and oxygen atoms in total. The molecule has 0 bridgehead atoms. The summed E-state index contributed by atoms with van der Waals surface area (Å²) < 4.78 is 92.0. The Hall–Kier alpha value is -3.12. The normalized spacial score (nSPS) is 20.3. The number of carbonyl (C=O) groups excluding carboxylic acids is 1. The van der Waals surface area contributed by atoms with Gasteiger partial charge in [0.25, 0.3) is 6.43 Å². The van der Waals surface area contributed by atoms with Gasteiger partial charge in [-0.05, 0) is 6.07 Å². The number of rotatable bonds is 5. The van der Waals surface area contributed by atoms with Gasteiger partial charge in [0.2, 0.25) is 5.88 Å². The van der Waals surface area contributed by atoms with Crippen LogP contribution in [0.2, 0.25) is 5.02 Å². The minimum Gasteiger partial charge on any atom is -0.495 e. The van der Waals surface area contributed by atoms with Gasteiger partial charge in [0, 0.05) is 23.4 Å². The molecule has 1 amide bonds. The van der Waals surface area contributed by atoms with Crippen molar-refractivity contribution in [1.82, 2.24) is 4.98 Å².